The van der Waals surface area contributed by atoms with E-state index in [4.69, 9.17) is 10.7 Å². The summed E-state index contributed by atoms with van der Waals surface area (Å²) in [5, 5.41) is 3.88. The van der Waals surface area contributed by atoms with Gasteiger partial charge in [-0.15, -0.1) is 0 Å². The predicted octanol–water partition coefficient (Wildman–Crippen LogP) is 2.76. The first kappa shape index (κ1) is 13.5. The van der Waals surface area contributed by atoms with Crippen LogP contribution < -0.4 is 0 Å². The molecule has 0 unspecified atom stereocenters. The minimum absolute atomic E-state index is 0.0672. The van der Waals surface area contributed by atoms with Crippen LogP contribution in [0, 0.1) is 5.82 Å². The van der Waals surface area contributed by atoms with Crippen molar-refractivity contribution in [1.82, 2.24) is 9.78 Å². The van der Waals surface area contributed by atoms with Crippen LogP contribution in [0.3, 0.4) is 0 Å². The number of benzene rings is 1. The van der Waals surface area contributed by atoms with Gasteiger partial charge in [0.25, 0.3) is 9.05 Å². The quantitative estimate of drug-likeness (QED) is 0.797. The molecule has 0 amide bonds. The summed E-state index contributed by atoms with van der Waals surface area (Å²) < 4.78 is 37.0. The highest BCUT2D eigenvalue weighted by molar-refractivity contribution is 9.10. The van der Waals surface area contributed by atoms with Gasteiger partial charge in [0.05, 0.1) is 12.7 Å². The smallest absolute Gasteiger partial charge is 0.264 e. The Labute approximate surface area is 116 Å². The van der Waals surface area contributed by atoms with Gasteiger partial charge in [0.2, 0.25) is 0 Å². The average Bonchev–Trinajstić information content (AvgIpc) is 2.70. The van der Waals surface area contributed by atoms with Gasteiger partial charge >= 0.3 is 0 Å². The van der Waals surface area contributed by atoms with Gasteiger partial charge in [-0.05, 0) is 17.7 Å². The molecule has 1 heterocycles. The van der Waals surface area contributed by atoms with Crippen LogP contribution in [-0.2, 0) is 15.6 Å². The van der Waals surface area contributed by atoms with Gasteiger partial charge in [0.15, 0.2) is 0 Å². The highest BCUT2D eigenvalue weighted by Gasteiger charge is 2.13. The molecule has 8 heteroatoms. The summed E-state index contributed by atoms with van der Waals surface area (Å²) in [7, 11) is 1.41. The summed E-state index contributed by atoms with van der Waals surface area (Å²) in [4.78, 5) is -0.0672. The van der Waals surface area contributed by atoms with Crippen molar-refractivity contribution in [1.29, 1.82) is 0 Å². The van der Waals surface area contributed by atoms with Crippen molar-refractivity contribution in [3.8, 4) is 0 Å². The first-order valence-corrected chi connectivity index (χ1v) is 7.87. The second-order valence-electron chi connectivity index (χ2n) is 3.55. The molecule has 0 aliphatic heterocycles. The lowest BCUT2D eigenvalue weighted by atomic mass is 10.2. The van der Waals surface area contributed by atoms with E-state index in [1.807, 2.05) is 0 Å². The van der Waals surface area contributed by atoms with Gasteiger partial charge in [0, 0.05) is 21.4 Å². The van der Waals surface area contributed by atoms with E-state index in [0.29, 0.717) is 11.0 Å². The molecule has 18 heavy (non-hydrogen) atoms. The summed E-state index contributed by atoms with van der Waals surface area (Å²) >= 11 is 3.23. The number of hydrogen-bond donors (Lipinski definition) is 0. The SMILES string of the molecule is O=S(=O)(Cl)c1cnn(Cc2ccc(F)cc2Br)c1. The first-order chi connectivity index (χ1) is 8.36. The Kier molecular flexibility index (Phi) is 3.74. The summed E-state index contributed by atoms with van der Waals surface area (Å²) in [6.45, 7) is 0.313. The molecule has 0 atom stereocenters. The zero-order valence-corrected chi connectivity index (χ0v) is 12.0. The predicted molar refractivity (Wildman–Crippen MR) is 68.5 cm³/mol. The molecule has 1 aromatic carbocycles. The van der Waals surface area contributed by atoms with Crippen molar-refractivity contribution < 1.29 is 12.8 Å². The minimum atomic E-state index is -3.77. The molecular weight excluding hydrogens is 347 g/mol. The molecule has 0 radical (unpaired) electrons. The number of rotatable bonds is 3. The van der Waals surface area contributed by atoms with Crippen LogP contribution in [0.25, 0.3) is 0 Å². The van der Waals surface area contributed by atoms with E-state index in [2.05, 4.69) is 21.0 Å². The molecule has 0 saturated heterocycles. The van der Waals surface area contributed by atoms with Crippen molar-refractivity contribution in [2.24, 2.45) is 0 Å². The summed E-state index contributed by atoms with van der Waals surface area (Å²) in [6.07, 6.45) is 2.48. The van der Waals surface area contributed by atoms with Crippen molar-refractivity contribution in [2.45, 2.75) is 11.4 Å². The Morgan fingerprint density at radius 1 is 1.44 bits per heavy atom. The van der Waals surface area contributed by atoms with Gasteiger partial charge in [0.1, 0.15) is 10.7 Å². The number of aromatic nitrogens is 2. The fourth-order valence-electron chi connectivity index (χ4n) is 1.38. The van der Waals surface area contributed by atoms with Crippen molar-refractivity contribution in [2.75, 3.05) is 0 Å². The highest BCUT2D eigenvalue weighted by Crippen LogP contribution is 2.20. The van der Waals surface area contributed by atoms with Gasteiger partial charge in [-0.1, -0.05) is 22.0 Å². The first-order valence-electron chi connectivity index (χ1n) is 4.77. The second-order valence-corrected chi connectivity index (χ2v) is 6.97. The van der Waals surface area contributed by atoms with E-state index < -0.39 is 9.05 Å². The third-order valence-electron chi connectivity index (χ3n) is 2.24. The maximum Gasteiger partial charge on any atom is 0.264 e. The maximum absolute atomic E-state index is 12.9. The lowest BCUT2D eigenvalue weighted by Gasteiger charge is -2.04. The third kappa shape index (κ3) is 3.09. The van der Waals surface area contributed by atoms with Crippen LogP contribution in [0.2, 0.25) is 0 Å². The standard InChI is InChI=1S/C10H7BrClFN2O2S/c11-10-3-8(13)2-1-7(10)5-15-6-9(4-14-15)18(12,16)17/h1-4,6H,5H2. The second kappa shape index (κ2) is 4.99. The normalized spacial score (nSPS) is 11.7. The van der Waals surface area contributed by atoms with E-state index in [-0.39, 0.29) is 10.7 Å². The number of hydrogen-bond acceptors (Lipinski definition) is 3. The fraction of sp³-hybridized carbons (Fsp3) is 0.100. The van der Waals surface area contributed by atoms with Crippen LogP contribution in [-0.4, -0.2) is 18.2 Å². The lowest BCUT2D eigenvalue weighted by molar-refractivity contribution is 0.609. The molecule has 4 nitrogen and oxygen atoms in total. The van der Waals surface area contributed by atoms with Crippen LogP contribution in [0.15, 0.2) is 40.0 Å². The minimum Gasteiger partial charge on any atom is -0.267 e. The topological polar surface area (TPSA) is 52.0 Å². The van der Waals surface area contributed by atoms with Gasteiger partial charge < -0.3 is 0 Å². The fourth-order valence-corrected chi connectivity index (χ4v) is 2.52. The van der Waals surface area contributed by atoms with Crippen molar-refractivity contribution in [3.63, 3.8) is 0 Å². The summed E-state index contributed by atoms with van der Waals surface area (Å²) in [5.74, 6) is -0.352. The monoisotopic (exact) mass is 352 g/mol. The zero-order chi connectivity index (χ0) is 13.3. The molecule has 0 bridgehead atoms. The van der Waals surface area contributed by atoms with Crippen molar-refractivity contribution in [3.05, 3.63) is 46.4 Å². The number of halogens is 3. The lowest BCUT2D eigenvalue weighted by Crippen LogP contribution is -2.01. The van der Waals surface area contributed by atoms with E-state index in [9.17, 15) is 12.8 Å². The molecule has 0 saturated carbocycles. The Morgan fingerprint density at radius 3 is 2.72 bits per heavy atom. The molecular formula is C10H7BrClFN2O2S. The number of nitrogens with zero attached hydrogens (tertiary/aromatic N) is 2. The molecule has 96 valence electrons. The molecule has 2 aromatic rings. The Hall–Kier alpha value is -0.920. The van der Waals surface area contributed by atoms with Gasteiger partial charge in [-0.2, -0.15) is 5.10 Å². The molecule has 0 aliphatic rings. The molecule has 0 fully saturated rings. The molecule has 1 aromatic heterocycles. The molecule has 0 spiro atoms. The summed E-state index contributed by atoms with van der Waals surface area (Å²) in [5.41, 5.74) is 0.776. The van der Waals surface area contributed by atoms with Crippen LogP contribution in [0.4, 0.5) is 4.39 Å². The molecule has 0 N–H and O–H groups in total. The van der Waals surface area contributed by atoms with Crippen LogP contribution in [0.5, 0.6) is 0 Å². The average molecular weight is 354 g/mol. The molecule has 2 rings (SSSR count). The van der Waals surface area contributed by atoms with E-state index in [1.165, 1.54) is 29.2 Å². The van der Waals surface area contributed by atoms with E-state index >= 15 is 0 Å². The highest BCUT2D eigenvalue weighted by atomic mass is 79.9. The summed E-state index contributed by atoms with van der Waals surface area (Å²) in [6, 6.07) is 4.25. The maximum atomic E-state index is 12.9. The van der Waals surface area contributed by atoms with Gasteiger partial charge in [-0.3, -0.25) is 4.68 Å². The Bertz CT molecular complexity index is 687. The third-order valence-corrected chi connectivity index (χ3v) is 4.29. The van der Waals surface area contributed by atoms with Crippen LogP contribution in [0.1, 0.15) is 5.56 Å². The molecule has 0 aliphatic carbocycles. The van der Waals surface area contributed by atoms with E-state index in [1.54, 1.807) is 6.07 Å². The van der Waals surface area contributed by atoms with Crippen molar-refractivity contribution >= 4 is 35.7 Å². The zero-order valence-electron chi connectivity index (χ0n) is 8.85. The van der Waals surface area contributed by atoms with Gasteiger partial charge in [-0.25, -0.2) is 12.8 Å². The Morgan fingerprint density at radius 2 is 2.17 bits per heavy atom. The van der Waals surface area contributed by atoms with Crippen LogP contribution >= 0.6 is 26.6 Å². The Balaban J connectivity index is 2.27. The largest absolute Gasteiger partial charge is 0.267 e. The van der Waals surface area contributed by atoms with E-state index in [0.717, 1.165) is 5.56 Å².